The van der Waals surface area contributed by atoms with Crippen molar-refractivity contribution < 1.29 is 0 Å². The van der Waals surface area contributed by atoms with Crippen LogP contribution >= 0.6 is 0 Å². The normalized spacial score (nSPS) is 12.9. The number of hydrogen-bond donors (Lipinski definition) is 0. The fourth-order valence-electron chi connectivity index (χ4n) is 9.17. The summed E-state index contributed by atoms with van der Waals surface area (Å²) in [4.78, 5) is 23.9. The van der Waals surface area contributed by atoms with Gasteiger partial charge in [-0.2, -0.15) is 0 Å². The highest BCUT2D eigenvalue weighted by molar-refractivity contribution is 6.14. The highest BCUT2D eigenvalue weighted by Gasteiger charge is 2.21. The summed E-state index contributed by atoms with van der Waals surface area (Å²) in [5.74, 6) is 1.64. The van der Waals surface area contributed by atoms with Crippen LogP contribution in [0.1, 0.15) is 24.2 Å². The Morgan fingerprint density at radius 3 is 1.73 bits per heavy atom. The minimum absolute atomic E-state index is 0.519. The smallest absolute Gasteiger partial charge is 0.182 e. The predicted molar refractivity (Wildman–Crippen MR) is 252 cm³/mol. The second kappa shape index (κ2) is 14.8. The van der Waals surface area contributed by atoms with Gasteiger partial charge in [-0.3, -0.25) is 9.97 Å². The molecule has 0 N–H and O–H groups in total. The number of rotatable bonds is 7. The molecular formula is C55H37N7. The van der Waals surface area contributed by atoms with E-state index in [1.54, 1.807) is 12.4 Å². The third kappa shape index (κ3) is 6.01. The Kier molecular flexibility index (Phi) is 8.49. The molecule has 7 heteroatoms. The summed E-state index contributed by atoms with van der Waals surface area (Å²) in [6.07, 6.45) is 9.77. The van der Waals surface area contributed by atoms with Gasteiger partial charge in [0.05, 0.1) is 22.1 Å². The zero-order chi connectivity index (χ0) is 41.0. The quantitative estimate of drug-likeness (QED) is 0.161. The number of aromatic nitrogens is 7. The van der Waals surface area contributed by atoms with E-state index < -0.39 is 0 Å². The van der Waals surface area contributed by atoms with Crippen LogP contribution in [0.3, 0.4) is 0 Å². The third-order valence-corrected chi connectivity index (χ3v) is 12.0. The van der Waals surface area contributed by atoms with Crippen molar-refractivity contribution >= 4 is 54.8 Å². The topological polar surface area (TPSA) is 74.3 Å². The first-order valence-corrected chi connectivity index (χ1v) is 21.0. The summed E-state index contributed by atoms with van der Waals surface area (Å²) in [7, 11) is 0. The molecule has 292 valence electrons. The van der Waals surface area contributed by atoms with Gasteiger partial charge in [-0.05, 0) is 120 Å². The number of para-hydroxylation sites is 3. The van der Waals surface area contributed by atoms with Gasteiger partial charge in [-0.1, -0.05) is 103 Å². The Hall–Kier alpha value is -8.29. The van der Waals surface area contributed by atoms with E-state index in [0.717, 1.165) is 29.8 Å². The van der Waals surface area contributed by atoms with Crippen molar-refractivity contribution in [3.8, 4) is 45.5 Å². The summed E-state index contributed by atoms with van der Waals surface area (Å²) in [5, 5.41) is 4.94. The Morgan fingerprint density at radius 1 is 0.419 bits per heavy atom. The largest absolute Gasteiger partial charge is 0.309 e. The van der Waals surface area contributed by atoms with Crippen molar-refractivity contribution in [1.29, 1.82) is 0 Å². The molecule has 0 aliphatic heterocycles. The van der Waals surface area contributed by atoms with Gasteiger partial charge in [-0.25, -0.2) is 15.0 Å². The average molecular weight is 796 g/mol. The fourth-order valence-corrected chi connectivity index (χ4v) is 9.17. The monoisotopic (exact) mass is 795 g/mol. The summed E-state index contributed by atoms with van der Waals surface area (Å²) in [6.45, 7) is 0. The van der Waals surface area contributed by atoms with Gasteiger partial charge >= 0.3 is 0 Å². The van der Waals surface area contributed by atoms with Crippen LogP contribution in [-0.2, 0) is 0 Å². The fraction of sp³-hybridized carbons (Fsp3) is 0.0364. The molecule has 0 bridgehead atoms. The minimum atomic E-state index is 0.519. The Morgan fingerprint density at radius 2 is 1.00 bits per heavy atom. The molecule has 1 aliphatic rings. The average Bonchev–Trinajstić information content (AvgIpc) is 3.87. The lowest BCUT2D eigenvalue weighted by Crippen LogP contribution is -2.05. The summed E-state index contributed by atoms with van der Waals surface area (Å²) in [6, 6.07) is 62.1. The Bertz CT molecular complexity index is 3490. The van der Waals surface area contributed by atoms with E-state index in [4.69, 9.17) is 15.0 Å². The van der Waals surface area contributed by atoms with Crippen molar-refractivity contribution in [2.24, 2.45) is 0 Å². The molecule has 0 atom stereocenters. The zero-order valence-electron chi connectivity index (χ0n) is 33.6. The standard InChI is InChI=1S/C55H37N7/c1-2-16-40(17-3-1)61-48-23-6-4-18-43(48)45-35-37(28-31-50(45)61)36-26-29-41(30-27-36)62-49-24-7-5-19-44(49)52-42(20-13-25-51(52)62)38-14-12-15-39(34-38)53-58-54(46-21-8-10-32-56-46)60-55(59-53)47-22-9-11-33-57-47/h1-11,13,15-35H,12,14H2. The second-order valence-electron chi connectivity index (χ2n) is 15.6. The maximum atomic E-state index is 4.98. The van der Waals surface area contributed by atoms with Gasteiger partial charge in [-0.15, -0.1) is 0 Å². The molecule has 5 heterocycles. The first kappa shape index (κ1) is 35.6. The van der Waals surface area contributed by atoms with Crippen LogP contribution < -0.4 is 0 Å². The Balaban J connectivity index is 0.938. The molecule has 5 aromatic heterocycles. The first-order valence-electron chi connectivity index (χ1n) is 21.0. The zero-order valence-corrected chi connectivity index (χ0v) is 33.6. The number of benzene rings is 6. The van der Waals surface area contributed by atoms with E-state index in [0.29, 0.717) is 28.9 Å². The predicted octanol–water partition coefficient (Wildman–Crippen LogP) is 13.1. The van der Waals surface area contributed by atoms with E-state index in [2.05, 4.69) is 171 Å². The highest BCUT2D eigenvalue weighted by atomic mass is 15.1. The van der Waals surface area contributed by atoms with Gasteiger partial charge < -0.3 is 9.13 Å². The van der Waals surface area contributed by atoms with Crippen LogP contribution in [0, 0.1) is 0 Å². The third-order valence-electron chi connectivity index (χ3n) is 12.0. The van der Waals surface area contributed by atoms with Gasteiger partial charge in [0.2, 0.25) is 0 Å². The highest BCUT2D eigenvalue weighted by Crippen LogP contribution is 2.41. The van der Waals surface area contributed by atoms with Crippen molar-refractivity contribution in [1.82, 2.24) is 34.1 Å². The molecule has 0 spiro atoms. The molecule has 0 amide bonds. The van der Waals surface area contributed by atoms with E-state index >= 15 is 0 Å². The molecule has 1 aliphatic carbocycles. The molecule has 6 aromatic carbocycles. The van der Waals surface area contributed by atoms with E-state index in [9.17, 15) is 0 Å². The number of hydrogen-bond acceptors (Lipinski definition) is 5. The maximum Gasteiger partial charge on any atom is 0.182 e. The molecule has 11 aromatic rings. The van der Waals surface area contributed by atoms with Gasteiger partial charge in [0.1, 0.15) is 11.4 Å². The summed E-state index contributed by atoms with van der Waals surface area (Å²) >= 11 is 0. The van der Waals surface area contributed by atoms with Crippen LogP contribution in [-0.4, -0.2) is 34.1 Å². The van der Waals surface area contributed by atoms with E-state index in [-0.39, 0.29) is 0 Å². The maximum absolute atomic E-state index is 4.98. The number of nitrogens with zero attached hydrogens (tertiary/aromatic N) is 7. The Labute approximate surface area is 357 Å². The van der Waals surface area contributed by atoms with Crippen LogP contribution in [0.4, 0.5) is 0 Å². The molecule has 0 unspecified atom stereocenters. The van der Waals surface area contributed by atoms with Crippen molar-refractivity contribution in [3.05, 3.63) is 212 Å². The van der Waals surface area contributed by atoms with E-state index in [1.807, 2.05) is 36.4 Å². The van der Waals surface area contributed by atoms with Crippen LogP contribution in [0.2, 0.25) is 0 Å². The first-order chi connectivity index (χ1) is 30.7. The van der Waals surface area contributed by atoms with Crippen LogP contribution in [0.5, 0.6) is 0 Å². The molecule has 0 saturated carbocycles. The molecule has 62 heavy (non-hydrogen) atoms. The molecule has 0 fully saturated rings. The van der Waals surface area contributed by atoms with Gasteiger partial charge in [0.25, 0.3) is 0 Å². The van der Waals surface area contributed by atoms with Gasteiger partial charge in [0, 0.05) is 50.9 Å². The van der Waals surface area contributed by atoms with Crippen molar-refractivity contribution in [2.45, 2.75) is 12.8 Å². The van der Waals surface area contributed by atoms with Crippen molar-refractivity contribution in [2.75, 3.05) is 0 Å². The number of pyridine rings is 2. The molecule has 0 radical (unpaired) electrons. The van der Waals surface area contributed by atoms with Crippen molar-refractivity contribution in [3.63, 3.8) is 0 Å². The second-order valence-corrected chi connectivity index (χ2v) is 15.6. The number of allylic oxidation sites excluding steroid dienone is 4. The number of fused-ring (bicyclic) bond motifs is 6. The molecule has 12 rings (SSSR count). The SMILES string of the molecule is C1=C(c2nc(-c3ccccn3)nc(-c3ccccn3)n2)C=C(c2cccc3c2c2ccccc2n3-c2ccc(-c3ccc4c(c3)c3ccccc3n4-c3ccccc3)cc2)CC1. The molecule has 7 nitrogen and oxygen atoms in total. The van der Waals surface area contributed by atoms with Crippen LogP contribution in [0.25, 0.3) is 100 Å². The minimum Gasteiger partial charge on any atom is -0.309 e. The lowest BCUT2D eigenvalue weighted by molar-refractivity contribution is 1.000. The summed E-state index contributed by atoms with van der Waals surface area (Å²) < 4.78 is 4.76. The lowest BCUT2D eigenvalue weighted by Gasteiger charge is -2.16. The lowest BCUT2D eigenvalue weighted by atomic mass is 9.90. The van der Waals surface area contributed by atoms with E-state index in [1.165, 1.54) is 65.9 Å². The molecule has 0 saturated heterocycles. The summed E-state index contributed by atoms with van der Waals surface area (Å²) in [5.41, 5.74) is 14.2. The van der Waals surface area contributed by atoms with Crippen LogP contribution in [0.15, 0.2) is 200 Å². The molecular weight excluding hydrogens is 759 g/mol. The van der Waals surface area contributed by atoms with Gasteiger partial charge in [0.15, 0.2) is 17.5 Å².